The topological polar surface area (TPSA) is 392 Å². The number of ether oxygens (including phenoxy) is 2. The van der Waals surface area contributed by atoms with Gasteiger partial charge in [-0.25, -0.2) is 49.5 Å². The fraction of sp³-hybridized carbons (Fsp3) is 0.563. The van der Waals surface area contributed by atoms with Gasteiger partial charge in [0.2, 0.25) is 17.7 Å². The van der Waals surface area contributed by atoms with E-state index in [1.165, 1.54) is 182 Å². The predicted molar refractivity (Wildman–Crippen MR) is 516 cm³/mol. The molecular weight excluding hydrogens is 1680 g/mol. The maximum absolute atomic E-state index is 13.6. The number of amides is 5. The van der Waals surface area contributed by atoms with E-state index in [-0.39, 0.29) is 139 Å². The first-order chi connectivity index (χ1) is 61.8. The van der Waals surface area contributed by atoms with Crippen LogP contribution in [0.25, 0.3) is 0 Å². The molecule has 7 fully saturated rings. The molecule has 29 heteroatoms. The third-order valence-electron chi connectivity index (χ3n) is 28.8. The van der Waals surface area contributed by atoms with E-state index in [1.807, 2.05) is 67.2 Å². The molecule has 28 nitrogen and oxygen atoms in total. The molecule has 4 aromatic carbocycles. The van der Waals surface area contributed by atoms with Crippen LogP contribution in [0.1, 0.15) is 355 Å². The van der Waals surface area contributed by atoms with Crippen LogP contribution in [0.15, 0.2) is 73.8 Å². The van der Waals surface area contributed by atoms with Gasteiger partial charge in [0.25, 0.3) is 0 Å². The Kier molecular flexibility index (Phi) is 30.9. The summed E-state index contributed by atoms with van der Waals surface area (Å²) in [6.07, 6.45) is 34.9. The van der Waals surface area contributed by atoms with Gasteiger partial charge in [0.1, 0.15) is 83.1 Å². The van der Waals surface area contributed by atoms with Crippen molar-refractivity contribution in [1.29, 1.82) is 0 Å². The number of aryl methyl sites for hydroxylation is 5. The first kappa shape index (κ1) is 100. The summed E-state index contributed by atoms with van der Waals surface area (Å²) in [6.45, 7) is 38.9. The molecule has 4 unspecified atom stereocenters. The summed E-state index contributed by atoms with van der Waals surface area (Å²) in [6, 6.07) is 18.7. The average Bonchev–Trinajstić information content (AvgIpc) is 1.56. The first-order valence-corrected chi connectivity index (χ1v) is 48.0. The molecule has 4 aliphatic heterocycles. The van der Waals surface area contributed by atoms with Crippen LogP contribution in [0.5, 0.6) is 0 Å². The Labute approximate surface area is 823 Å². The molecule has 0 radical (unpaired) electrons. The van der Waals surface area contributed by atoms with Crippen molar-refractivity contribution < 1.29 is 90.3 Å². The fourth-order valence-electron chi connectivity index (χ4n) is 22.2. The van der Waals surface area contributed by atoms with Gasteiger partial charge in [-0.2, -0.15) is 0 Å². The zero-order valence-corrected chi connectivity index (χ0v) is 84.9. The summed E-state index contributed by atoms with van der Waals surface area (Å²) >= 11 is 0. The van der Waals surface area contributed by atoms with Crippen LogP contribution in [0.2, 0.25) is 0 Å². The maximum atomic E-state index is 13.6. The molecule has 0 saturated heterocycles. The first-order valence-electron chi connectivity index (χ1n) is 48.0. The number of anilines is 11. The van der Waals surface area contributed by atoms with Crippen LogP contribution in [0.4, 0.5) is 73.2 Å². The SMILES string of the molecule is Cc1c(N)ncnc1NC(=O)C1CC1.Cc1cc(C)c2c(c1)C1(CCCCC1)N(C(=O)OC(C)(C)C)C2C.Cc1cc(Nc2ncnc(N)c2C)cc2c1C(C)NC21CCCCC1.Cc1cc(Nc2ncnc(NC(=O)C3CC3)c2C)cc2c1C(C)N(C(=O)OC(C)(C)C)C21CCCCC1.Cc1cc(Nc2ncnc(NC(=O)C3CC3)c2C)cc2c1C(C)NC21CCCCC1.[K+].[OH-]. The van der Waals surface area contributed by atoms with Gasteiger partial charge in [-0.05, 0) is 325 Å². The molecule has 8 aromatic rings. The molecule has 7 aliphatic carbocycles. The molecule has 132 heavy (non-hydrogen) atoms. The van der Waals surface area contributed by atoms with Crippen molar-refractivity contribution in [2.75, 3.05) is 43.4 Å². The molecule has 8 heterocycles. The molecule has 702 valence electrons. The molecule has 4 spiro atoms. The normalized spacial score (nSPS) is 20.5. The zero-order valence-electron chi connectivity index (χ0n) is 81.8. The number of nitrogens with two attached hydrogens (primary N) is 2. The minimum Gasteiger partial charge on any atom is -0.870 e. The van der Waals surface area contributed by atoms with E-state index in [0.717, 1.165) is 134 Å². The van der Waals surface area contributed by atoms with E-state index in [2.05, 4.69) is 198 Å². The maximum Gasteiger partial charge on any atom is 1.00 e. The number of hydrogen-bond donors (Lipinski definition) is 10. The minimum atomic E-state index is -0.555. The van der Waals surface area contributed by atoms with E-state index in [4.69, 9.17) is 20.9 Å². The molecule has 19 rings (SSSR count). The van der Waals surface area contributed by atoms with Crippen molar-refractivity contribution in [3.63, 3.8) is 0 Å². The molecule has 4 aromatic heterocycles. The Morgan fingerprint density at radius 3 is 0.992 bits per heavy atom. The number of nitrogens with zero attached hydrogens (tertiary/aromatic N) is 10. The number of fused-ring (bicyclic) bond motifs is 8. The summed E-state index contributed by atoms with van der Waals surface area (Å²) < 4.78 is 11.7. The Bertz CT molecular complexity index is 5600. The van der Waals surface area contributed by atoms with E-state index in [9.17, 15) is 24.0 Å². The van der Waals surface area contributed by atoms with Crippen molar-refractivity contribution in [2.24, 2.45) is 17.8 Å². The fourth-order valence-corrected chi connectivity index (χ4v) is 22.2. The van der Waals surface area contributed by atoms with Crippen molar-refractivity contribution in [3.05, 3.63) is 168 Å². The molecular formula is C103H141KN20O8. The zero-order chi connectivity index (χ0) is 92.8. The van der Waals surface area contributed by atoms with E-state index < -0.39 is 11.2 Å². The number of hydrogen-bond acceptors (Lipinski definition) is 23. The number of nitrogen functional groups attached to an aromatic ring is 2. The van der Waals surface area contributed by atoms with Gasteiger partial charge in [-0.15, -0.1) is 0 Å². The summed E-state index contributed by atoms with van der Waals surface area (Å²) in [5.41, 5.74) is 33.9. The van der Waals surface area contributed by atoms with E-state index >= 15 is 0 Å². The minimum absolute atomic E-state index is 0. The molecule has 5 amide bonds. The van der Waals surface area contributed by atoms with Crippen molar-refractivity contribution in [1.82, 2.24) is 60.3 Å². The van der Waals surface area contributed by atoms with Crippen molar-refractivity contribution in [2.45, 2.75) is 356 Å². The van der Waals surface area contributed by atoms with Gasteiger partial charge >= 0.3 is 63.6 Å². The smallest absolute Gasteiger partial charge is 0.870 e. The second-order valence-corrected chi connectivity index (χ2v) is 41.1. The summed E-state index contributed by atoms with van der Waals surface area (Å²) in [7, 11) is 0. The van der Waals surface area contributed by atoms with Crippen molar-refractivity contribution in [3.8, 4) is 0 Å². The summed E-state index contributed by atoms with van der Waals surface area (Å²) in [4.78, 5) is 100. The van der Waals surface area contributed by atoms with Gasteiger partial charge in [-0.1, -0.05) is 94.7 Å². The predicted octanol–water partition coefficient (Wildman–Crippen LogP) is 19.2. The van der Waals surface area contributed by atoms with Gasteiger partial charge in [0, 0.05) is 80.2 Å². The van der Waals surface area contributed by atoms with Crippen LogP contribution in [-0.2, 0) is 46.0 Å². The number of nitrogens with one attached hydrogen (secondary N) is 8. The molecule has 7 saturated carbocycles. The van der Waals surface area contributed by atoms with Gasteiger partial charge in [0.15, 0.2) is 0 Å². The number of aromatic nitrogens is 8. The molecule has 0 bridgehead atoms. The van der Waals surface area contributed by atoms with Crippen LogP contribution >= 0.6 is 0 Å². The largest absolute Gasteiger partial charge is 1.00 e. The van der Waals surface area contributed by atoms with Crippen molar-refractivity contribution >= 4 is 93.5 Å². The quantitative estimate of drug-likeness (QED) is 0.0508. The Morgan fingerprint density at radius 2 is 0.652 bits per heavy atom. The molecule has 4 atom stereocenters. The third kappa shape index (κ3) is 21.5. The van der Waals surface area contributed by atoms with Gasteiger partial charge in [0.05, 0.1) is 23.2 Å². The van der Waals surface area contributed by atoms with Crippen LogP contribution in [0.3, 0.4) is 0 Å². The second kappa shape index (κ2) is 40.7. The summed E-state index contributed by atoms with van der Waals surface area (Å²) in [5.74, 6) is 5.33. The Morgan fingerprint density at radius 1 is 0.371 bits per heavy atom. The van der Waals surface area contributed by atoms with Crippen LogP contribution in [0, 0.1) is 80.1 Å². The number of carbonyl (C=O) groups excluding carboxylic acids is 5. The van der Waals surface area contributed by atoms with Crippen LogP contribution in [-0.4, -0.2) is 96.3 Å². The number of rotatable bonds is 12. The summed E-state index contributed by atoms with van der Waals surface area (Å²) in [5, 5.41) is 26.9. The standard InChI is InChI=1S/C29H39N5O3.C24H31N5O.C21H31NO2.C20H27N5.C9H12N4O.K.H2O/c1-17-14-21(32-24-18(2)25(31-16-30-24)33-26(35)20-10-11-20)15-22-23(17)19(3)34(27(36)37-28(4,5)6)29(22)12-8-7-9-13-29;1-14-11-18(12-19-20(14)16(3)29-24(19)9-5-4-6-10-24)27-21-15(2)22(26-13-25-21)28-23(30)17-7-8-17;1-14-12-15(2)18-16(3)22(19(23)24-20(4,5)6)21(17(18)13-14)10-8-7-9-11-21;1-12-9-15(24-19-13(2)18(21)22-11-23-19)10-16-17(12)14(3)25-20(16)7-5-4-6-8-20;1-5-7(10)11-4-12-8(5)13-9(14)6-2-3-6;;/h14-16,19-20H,7-13H2,1-6H3,(H2,30,31,32,33,35);11-13,16-17,29H,4-10H2,1-3H3,(H2,25,26,27,28,30);12-13,16H,7-11H2,1-6H3;9-11,14,25H,4-8H2,1-3H3,(H3,21,22,23,24);4,6H,2-3H2,1H3,(H3,10,11,12,13,14);;1H2/q;;;;;+1;/p-1. The monoisotopic (exact) mass is 1830 g/mol. The number of benzene rings is 4. The van der Waals surface area contributed by atoms with Crippen LogP contribution < -0.4 is 105 Å². The number of carbonyl (C=O) groups is 5. The Hall–Kier alpha value is -9.33. The van der Waals surface area contributed by atoms with E-state index in [0.29, 0.717) is 47.0 Å². The Balaban J connectivity index is 0.000000143. The molecule has 11 aliphatic rings. The molecule has 13 N–H and O–H groups in total. The van der Waals surface area contributed by atoms with E-state index in [1.54, 1.807) is 6.92 Å². The van der Waals surface area contributed by atoms with Gasteiger partial charge in [-0.3, -0.25) is 24.2 Å². The second-order valence-electron chi connectivity index (χ2n) is 41.1. The van der Waals surface area contributed by atoms with Gasteiger partial charge < -0.3 is 69.0 Å². The third-order valence-corrected chi connectivity index (χ3v) is 28.8. The average molecular weight is 1830 g/mol.